The maximum Gasteiger partial charge on any atom is 0.257 e. The minimum Gasteiger partial charge on any atom is -0.398 e. The standard InChI is InChI=1S/C14H22N4O/c1-9-7-18(8-13(9)17(3)4)14(19)11-6-16-10(2)5-12(11)15/h5-6,9,13H,7-8H2,1-4H3,(H2,15,16). The summed E-state index contributed by atoms with van der Waals surface area (Å²) in [5.41, 5.74) is 7.77. The maximum atomic E-state index is 12.5. The van der Waals surface area contributed by atoms with Crippen LogP contribution in [0.4, 0.5) is 5.69 Å². The predicted octanol–water partition coefficient (Wildman–Crippen LogP) is 0.994. The normalized spacial score (nSPS) is 23.1. The number of hydrogen-bond acceptors (Lipinski definition) is 4. The van der Waals surface area contributed by atoms with Crippen molar-refractivity contribution in [2.75, 3.05) is 32.9 Å². The van der Waals surface area contributed by atoms with Gasteiger partial charge in [0.2, 0.25) is 0 Å². The lowest BCUT2D eigenvalue weighted by atomic mass is 10.1. The fraction of sp³-hybridized carbons (Fsp3) is 0.571. The van der Waals surface area contributed by atoms with Crippen LogP contribution in [0.1, 0.15) is 23.0 Å². The van der Waals surface area contributed by atoms with E-state index in [9.17, 15) is 4.79 Å². The van der Waals surface area contributed by atoms with Gasteiger partial charge in [0, 0.05) is 36.7 Å². The van der Waals surface area contributed by atoms with E-state index >= 15 is 0 Å². The molecule has 5 heteroatoms. The van der Waals surface area contributed by atoms with Gasteiger partial charge in [-0.05, 0) is 33.0 Å². The first-order valence-corrected chi connectivity index (χ1v) is 6.58. The summed E-state index contributed by atoms with van der Waals surface area (Å²) in [6.45, 7) is 5.56. The number of aryl methyl sites for hydroxylation is 1. The molecular formula is C14H22N4O. The van der Waals surface area contributed by atoms with Crippen LogP contribution in [0, 0.1) is 12.8 Å². The maximum absolute atomic E-state index is 12.5. The molecule has 2 N–H and O–H groups in total. The molecule has 1 amide bonds. The summed E-state index contributed by atoms with van der Waals surface area (Å²) in [4.78, 5) is 20.7. The molecule has 1 aromatic heterocycles. The van der Waals surface area contributed by atoms with Gasteiger partial charge in [0.15, 0.2) is 0 Å². The molecule has 2 unspecified atom stereocenters. The number of anilines is 1. The Morgan fingerprint density at radius 3 is 2.68 bits per heavy atom. The van der Waals surface area contributed by atoms with Gasteiger partial charge in [0.25, 0.3) is 5.91 Å². The molecule has 0 aromatic carbocycles. The number of pyridine rings is 1. The molecule has 2 atom stereocenters. The molecule has 2 heterocycles. The highest BCUT2D eigenvalue weighted by atomic mass is 16.2. The lowest BCUT2D eigenvalue weighted by Crippen LogP contribution is -2.36. The highest BCUT2D eigenvalue weighted by Gasteiger charge is 2.34. The number of nitrogen functional groups attached to an aromatic ring is 1. The monoisotopic (exact) mass is 262 g/mol. The summed E-state index contributed by atoms with van der Waals surface area (Å²) in [5.74, 6) is 0.458. The third kappa shape index (κ3) is 2.71. The second-order valence-electron chi connectivity index (χ2n) is 5.63. The molecule has 1 aliphatic heterocycles. The average molecular weight is 262 g/mol. The van der Waals surface area contributed by atoms with Gasteiger partial charge in [-0.3, -0.25) is 9.78 Å². The lowest BCUT2D eigenvalue weighted by molar-refractivity contribution is 0.0782. The summed E-state index contributed by atoms with van der Waals surface area (Å²) in [5, 5.41) is 0. The average Bonchev–Trinajstić information content (AvgIpc) is 2.70. The van der Waals surface area contributed by atoms with E-state index < -0.39 is 0 Å². The molecule has 1 aliphatic rings. The van der Waals surface area contributed by atoms with Crippen LogP contribution < -0.4 is 5.73 Å². The number of likely N-dealkylation sites (tertiary alicyclic amines) is 1. The second kappa shape index (κ2) is 5.17. The molecule has 1 fully saturated rings. The fourth-order valence-electron chi connectivity index (χ4n) is 2.72. The molecule has 104 valence electrons. The lowest BCUT2D eigenvalue weighted by Gasteiger charge is -2.22. The van der Waals surface area contributed by atoms with E-state index in [4.69, 9.17) is 5.73 Å². The summed E-state index contributed by atoms with van der Waals surface area (Å²) in [6, 6.07) is 2.15. The number of amides is 1. The Morgan fingerprint density at radius 1 is 1.47 bits per heavy atom. The zero-order chi connectivity index (χ0) is 14.2. The van der Waals surface area contributed by atoms with Crippen molar-refractivity contribution < 1.29 is 4.79 Å². The van der Waals surface area contributed by atoms with Crippen LogP contribution in [-0.2, 0) is 0 Å². The molecule has 1 aromatic rings. The van der Waals surface area contributed by atoms with Crippen molar-refractivity contribution >= 4 is 11.6 Å². The van der Waals surface area contributed by atoms with Crippen molar-refractivity contribution in [2.24, 2.45) is 5.92 Å². The minimum atomic E-state index is -0.0128. The van der Waals surface area contributed by atoms with E-state index in [1.165, 1.54) is 0 Å². The zero-order valence-electron chi connectivity index (χ0n) is 12.1. The van der Waals surface area contributed by atoms with Gasteiger partial charge in [0.05, 0.1) is 5.56 Å². The minimum absolute atomic E-state index is 0.0128. The topological polar surface area (TPSA) is 62.5 Å². The summed E-state index contributed by atoms with van der Waals surface area (Å²) in [6.07, 6.45) is 1.58. The Hall–Kier alpha value is -1.62. The van der Waals surface area contributed by atoms with Gasteiger partial charge >= 0.3 is 0 Å². The molecule has 5 nitrogen and oxygen atoms in total. The van der Waals surface area contributed by atoms with Crippen LogP contribution in [0.3, 0.4) is 0 Å². The van der Waals surface area contributed by atoms with E-state index in [0.29, 0.717) is 23.2 Å². The van der Waals surface area contributed by atoms with Gasteiger partial charge in [0.1, 0.15) is 0 Å². The van der Waals surface area contributed by atoms with Gasteiger partial charge in [-0.15, -0.1) is 0 Å². The fourth-order valence-corrected chi connectivity index (χ4v) is 2.72. The Bertz CT molecular complexity index is 486. The Morgan fingerprint density at radius 2 is 2.16 bits per heavy atom. The van der Waals surface area contributed by atoms with E-state index in [0.717, 1.165) is 18.8 Å². The molecule has 0 bridgehead atoms. The second-order valence-corrected chi connectivity index (χ2v) is 5.63. The number of carbonyl (C=O) groups excluding carboxylic acids is 1. The van der Waals surface area contributed by atoms with Crippen LogP contribution in [0.5, 0.6) is 0 Å². The Kier molecular flexibility index (Phi) is 3.75. The van der Waals surface area contributed by atoms with E-state index in [-0.39, 0.29) is 5.91 Å². The van der Waals surface area contributed by atoms with Gasteiger partial charge in [-0.2, -0.15) is 0 Å². The predicted molar refractivity (Wildman–Crippen MR) is 75.9 cm³/mol. The van der Waals surface area contributed by atoms with Gasteiger partial charge < -0.3 is 15.5 Å². The molecule has 0 aliphatic carbocycles. The van der Waals surface area contributed by atoms with Crippen LogP contribution in [0.15, 0.2) is 12.3 Å². The third-order valence-electron chi connectivity index (χ3n) is 3.83. The quantitative estimate of drug-likeness (QED) is 0.863. The smallest absolute Gasteiger partial charge is 0.257 e. The van der Waals surface area contributed by atoms with Crippen molar-refractivity contribution in [3.63, 3.8) is 0 Å². The third-order valence-corrected chi connectivity index (χ3v) is 3.83. The summed E-state index contributed by atoms with van der Waals surface area (Å²) < 4.78 is 0. The van der Waals surface area contributed by atoms with E-state index in [1.54, 1.807) is 12.3 Å². The number of carbonyl (C=O) groups is 1. The molecule has 0 spiro atoms. The van der Waals surface area contributed by atoms with E-state index in [1.807, 2.05) is 11.8 Å². The molecular weight excluding hydrogens is 240 g/mol. The largest absolute Gasteiger partial charge is 0.398 e. The molecule has 0 saturated carbocycles. The molecule has 1 saturated heterocycles. The van der Waals surface area contributed by atoms with Crippen molar-refractivity contribution in [1.29, 1.82) is 0 Å². The molecule has 2 rings (SSSR count). The van der Waals surface area contributed by atoms with Gasteiger partial charge in [-0.1, -0.05) is 6.92 Å². The van der Waals surface area contributed by atoms with E-state index in [2.05, 4.69) is 30.9 Å². The van der Waals surface area contributed by atoms with Crippen LogP contribution >= 0.6 is 0 Å². The van der Waals surface area contributed by atoms with Crippen LogP contribution in [0.25, 0.3) is 0 Å². The van der Waals surface area contributed by atoms with Gasteiger partial charge in [-0.25, -0.2) is 0 Å². The first kappa shape index (κ1) is 13.8. The zero-order valence-corrected chi connectivity index (χ0v) is 12.1. The Balaban J connectivity index is 2.17. The number of nitrogens with zero attached hydrogens (tertiary/aromatic N) is 3. The van der Waals surface area contributed by atoms with Crippen LogP contribution in [-0.4, -0.2) is 53.9 Å². The number of rotatable bonds is 2. The number of nitrogens with two attached hydrogens (primary N) is 1. The highest BCUT2D eigenvalue weighted by Crippen LogP contribution is 2.23. The van der Waals surface area contributed by atoms with Crippen molar-refractivity contribution in [1.82, 2.24) is 14.8 Å². The number of likely N-dealkylation sites (N-methyl/N-ethyl adjacent to an activating group) is 1. The van der Waals surface area contributed by atoms with Crippen molar-refractivity contribution in [3.05, 3.63) is 23.5 Å². The SMILES string of the molecule is Cc1cc(N)c(C(=O)N2CC(C)C(N(C)C)C2)cn1. The van der Waals surface area contributed by atoms with Crippen LogP contribution in [0.2, 0.25) is 0 Å². The summed E-state index contributed by atoms with van der Waals surface area (Å²) in [7, 11) is 4.11. The first-order valence-electron chi connectivity index (χ1n) is 6.58. The molecule has 0 radical (unpaired) electrons. The first-order chi connectivity index (χ1) is 8.90. The molecule has 19 heavy (non-hydrogen) atoms. The number of hydrogen-bond donors (Lipinski definition) is 1. The highest BCUT2D eigenvalue weighted by molar-refractivity contribution is 5.99. The van der Waals surface area contributed by atoms with Crippen molar-refractivity contribution in [3.8, 4) is 0 Å². The number of aromatic nitrogens is 1. The summed E-state index contributed by atoms with van der Waals surface area (Å²) >= 11 is 0. The Labute approximate surface area is 114 Å². The van der Waals surface area contributed by atoms with Crippen molar-refractivity contribution in [2.45, 2.75) is 19.9 Å².